The molecule has 0 aliphatic carbocycles. The largest absolute Gasteiger partial charge is 0.474 e. The number of carbonyl (C=O) groups is 2. The van der Waals surface area contributed by atoms with Crippen molar-refractivity contribution in [3.05, 3.63) is 0 Å². The van der Waals surface area contributed by atoms with Gasteiger partial charge in [0.25, 0.3) is 0 Å². The number of hydrogen-bond acceptors (Lipinski definition) is 2. The lowest BCUT2D eigenvalue weighted by Gasteiger charge is -2.26. The molecule has 1 saturated heterocycles. The second-order valence-electron chi connectivity index (χ2n) is 4.91. The predicted octanol–water partition coefficient (Wildman–Crippen LogP) is 0.966. The molecule has 4 heteroatoms. The fourth-order valence-electron chi connectivity index (χ4n) is 1.79. The van der Waals surface area contributed by atoms with Crippen LogP contribution in [0.25, 0.3) is 0 Å². The topological polar surface area (TPSA) is 57.6 Å². The SMILES string of the molecule is CC(C)(C)C1CCN(C(=O)C(=O)O)C1. The van der Waals surface area contributed by atoms with Crippen molar-refractivity contribution in [3.8, 4) is 0 Å². The highest BCUT2D eigenvalue weighted by atomic mass is 16.4. The quantitative estimate of drug-likeness (QED) is 0.591. The summed E-state index contributed by atoms with van der Waals surface area (Å²) < 4.78 is 0. The van der Waals surface area contributed by atoms with Crippen LogP contribution in [0.1, 0.15) is 27.2 Å². The van der Waals surface area contributed by atoms with E-state index in [-0.39, 0.29) is 5.41 Å². The Balaban J connectivity index is 2.58. The van der Waals surface area contributed by atoms with Gasteiger partial charge >= 0.3 is 11.9 Å². The van der Waals surface area contributed by atoms with Crippen LogP contribution in [0.2, 0.25) is 0 Å². The zero-order valence-electron chi connectivity index (χ0n) is 8.91. The van der Waals surface area contributed by atoms with E-state index in [2.05, 4.69) is 20.8 Å². The number of aliphatic carboxylic acids is 1. The number of carboxylic acids is 1. The maximum Gasteiger partial charge on any atom is 0.394 e. The molecule has 0 aromatic heterocycles. The van der Waals surface area contributed by atoms with Crippen LogP contribution < -0.4 is 0 Å². The fraction of sp³-hybridized carbons (Fsp3) is 0.800. The first-order chi connectivity index (χ1) is 6.32. The van der Waals surface area contributed by atoms with Crippen LogP contribution in [0.3, 0.4) is 0 Å². The molecule has 0 bridgehead atoms. The summed E-state index contributed by atoms with van der Waals surface area (Å²) in [6.45, 7) is 7.51. The van der Waals surface area contributed by atoms with E-state index in [1.807, 2.05) is 0 Å². The molecule has 1 heterocycles. The van der Waals surface area contributed by atoms with Gasteiger partial charge in [0.15, 0.2) is 0 Å². The molecule has 0 aromatic carbocycles. The van der Waals surface area contributed by atoms with Gasteiger partial charge in [-0.2, -0.15) is 0 Å². The molecule has 1 amide bonds. The van der Waals surface area contributed by atoms with Gasteiger partial charge in [0, 0.05) is 13.1 Å². The minimum atomic E-state index is -1.35. The minimum absolute atomic E-state index is 0.146. The molecule has 1 fully saturated rings. The van der Waals surface area contributed by atoms with E-state index in [0.29, 0.717) is 19.0 Å². The number of nitrogens with zero attached hydrogens (tertiary/aromatic N) is 1. The van der Waals surface area contributed by atoms with Gasteiger partial charge < -0.3 is 10.0 Å². The second kappa shape index (κ2) is 3.59. The van der Waals surface area contributed by atoms with Crippen LogP contribution in [-0.2, 0) is 9.59 Å². The maximum absolute atomic E-state index is 11.1. The van der Waals surface area contributed by atoms with Crippen molar-refractivity contribution in [2.75, 3.05) is 13.1 Å². The first-order valence-corrected chi connectivity index (χ1v) is 4.84. The Morgan fingerprint density at radius 2 is 1.93 bits per heavy atom. The first-order valence-electron chi connectivity index (χ1n) is 4.84. The van der Waals surface area contributed by atoms with E-state index < -0.39 is 11.9 Å². The smallest absolute Gasteiger partial charge is 0.394 e. The number of amides is 1. The highest BCUT2D eigenvalue weighted by Gasteiger charge is 2.35. The first kappa shape index (κ1) is 11.0. The maximum atomic E-state index is 11.1. The van der Waals surface area contributed by atoms with Crippen LogP contribution in [-0.4, -0.2) is 35.0 Å². The summed E-state index contributed by atoms with van der Waals surface area (Å²) in [5.41, 5.74) is 0.146. The third kappa shape index (κ3) is 2.25. The lowest BCUT2D eigenvalue weighted by Crippen LogP contribution is -2.35. The van der Waals surface area contributed by atoms with E-state index in [9.17, 15) is 9.59 Å². The van der Waals surface area contributed by atoms with Crippen molar-refractivity contribution in [2.24, 2.45) is 11.3 Å². The van der Waals surface area contributed by atoms with Gasteiger partial charge in [-0.25, -0.2) is 4.79 Å². The van der Waals surface area contributed by atoms with Crippen molar-refractivity contribution in [3.63, 3.8) is 0 Å². The monoisotopic (exact) mass is 199 g/mol. The average molecular weight is 199 g/mol. The fourth-order valence-corrected chi connectivity index (χ4v) is 1.79. The molecule has 4 nitrogen and oxygen atoms in total. The minimum Gasteiger partial charge on any atom is -0.474 e. The lowest BCUT2D eigenvalue weighted by atomic mass is 9.80. The molecule has 1 unspecified atom stereocenters. The summed E-state index contributed by atoms with van der Waals surface area (Å²) in [6.07, 6.45) is 0.905. The molecule has 14 heavy (non-hydrogen) atoms. The summed E-state index contributed by atoms with van der Waals surface area (Å²) in [5, 5.41) is 8.54. The molecule has 0 radical (unpaired) electrons. The van der Waals surface area contributed by atoms with Gasteiger partial charge in [-0.05, 0) is 17.8 Å². The molecule has 1 aliphatic rings. The van der Waals surface area contributed by atoms with E-state index in [4.69, 9.17) is 5.11 Å². The van der Waals surface area contributed by atoms with Gasteiger partial charge in [-0.15, -0.1) is 0 Å². The third-order valence-electron chi connectivity index (χ3n) is 2.88. The molecule has 1 rings (SSSR count). The van der Waals surface area contributed by atoms with Crippen molar-refractivity contribution >= 4 is 11.9 Å². The van der Waals surface area contributed by atoms with E-state index >= 15 is 0 Å². The molecule has 1 N–H and O–H groups in total. The van der Waals surface area contributed by atoms with Crippen LogP contribution in [0.15, 0.2) is 0 Å². The van der Waals surface area contributed by atoms with Gasteiger partial charge in [0.2, 0.25) is 0 Å². The standard InChI is InChI=1S/C10H17NO3/c1-10(2,3)7-4-5-11(6-7)8(12)9(13)14/h7H,4-6H2,1-3H3,(H,13,14). The van der Waals surface area contributed by atoms with Crippen LogP contribution in [0.4, 0.5) is 0 Å². The average Bonchev–Trinajstić information content (AvgIpc) is 2.49. The van der Waals surface area contributed by atoms with Crippen LogP contribution >= 0.6 is 0 Å². The predicted molar refractivity (Wildman–Crippen MR) is 51.8 cm³/mol. The Labute approximate surface area is 83.9 Å². The van der Waals surface area contributed by atoms with E-state index in [0.717, 1.165) is 6.42 Å². The molecule has 1 atom stereocenters. The number of rotatable bonds is 0. The van der Waals surface area contributed by atoms with E-state index in [1.54, 1.807) is 0 Å². The Bertz CT molecular complexity index is 255. The number of carboxylic acid groups (broad SMARTS) is 1. The summed E-state index contributed by atoms with van der Waals surface area (Å²) in [6, 6.07) is 0. The Morgan fingerprint density at radius 3 is 2.29 bits per heavy atom. The Kier molecular flexibility index (Phi) is 2.83. The van der Waals surface area contributed by atoms with Crippen molar-refractivity contribution in [2.45, 2.75) is 27.2 Å². The summed E-state index contributed by atoms with van der Waals surface area (Å²) in [4.78, 5) is 23.0. The van der Waals surface area contributed by atoms with Crippen molar-refractivity contribution in [1.29, 1.82) is 0 Å². The highest BCUT2D eigenvalue weighted by molar-refractivity contribution is 6.31. The van der Waals surface area contributed by atoms with Gasteiger partial charge in [-0.1, -0.05) is 20.8 Å². The van der Waals surface area contributed by atoms with Crippen molar-refractivity contribution < 1.29 is 14.7 Å². The Morgan fingerprint density at radius 1 is 1.36 bits per heavy atom. The second-order valence-corrected chi connectivity index (χ2v) is 4.91. The van der Waals surface area contributed by atoms with E-state index in [1.165, 1.54) is 4.90 Å². The highest BCUT2D eigenvalue weighted by Crippen LogP contribution is 2.33. The molecule has 1 aliphatic heterocycles. The zero-order valence-corrected chi connectivity index (χ0v) is 8.91. The van der Waals surface area contributed by atoms with Crippen molar-refractivity contribution in [1.82, 2.24) is 4.90 Å². The Hall–Kier alpha value is -1.06. The van der Waals surface area contributed by atoms with Gasteiger partial charge in [-0.3, -0.25) is 4.79 Å². The summed E-state index contributed by atoms with van der Waals surface area (Å²) in [7, 11) is 0. The van der Waals surface area contributed by atoms with Gasteiger partial charge in [0.1, 0.15) is 0 Å². The number of likely N-dealkylation sites (tertiary alicyclic amines) is 1. The molecule has 0 spiro atoms. The summed E-state index contributed by atoms with van der Waals surface area (Å²) >= 11 is 0. The molecule has 0 saturated carbocycles. The molecular formula is C10H17NO3. The number of carbonyl (C=O) groups excluding carboxylic acids is 1. The summed E-state index contributed by atoms with van der Waals surface area (Å²) in [5.74, 6) is -1.71. The lowest BCUT2D eigenvalue weighted by molar-refractivity contribution is -0.155. The van der Waals surface area contributed by atoms with Gasteiger partial charge in [0.05, 0.1) is 0 Å². The van der Waals surface area contributed by atoms with Crippen LogP contribution in [0.5, 0.6) is 0 Å². The third-order valence-corrected chi connectivity index (χ3v) is 2.88. The molecular weight excluding hydrogens is 182 g/mol. The van der Waals surface area contributed by atoms with Crippen LogP contribution in [0, 0.1) is 11.3 Å². The molecule has 0 aromatic rings. The number of hydrogen-bond donors (Lipinski definition) is 1. The molecule has 80 valence electrons. The normalized spacial score (nSPS) is 22.5. The zero-order chi connectivity index (χ0) is 10.9.